The molecule has 0 unspecified atom stereocenters. The molecule has 4 aromatic rings. The molecule has 186 valence electrons. The first kappa shape index (κ1) is 24.0. The average Bonchev–Trinajstić information content (AvgIpc) is 3.16. The molecule has 0 fully saturated rings. The molecule has 7 nitrogen and oxygen atoms in total. The van der Waals surface area contributed by atoms with E-state index >= 15 is 0 Å². The van der Waals surface area contributed by atoms with E-state index in [-0.39, 0.29) is 11.5 Å². The van der Waals surface area contributed by atoms with Crippen molar-refractivity contribution in [3.63, 3.8) is 0 Å². The van der Waals surface area contributed by atoms with Crippen LogP contribution in [0.15, 0.2) is 65.6 Å². The van der Waals surface area contributed by atoms with Crippen LogP contribution in [0.25, 0.3) is 16.5 Å². The van der Waals surface area contributed by atoms with Crippen molar-refractivity contribution in [2.45, 2.75) is 46.2 Å². The molecule has 0 saturated carbocycles. The van der Waals surface area contributed by atoms with Gasteiger partial charge < -0.3 is 9.88 Å². The Labute approximate surface area is 211 Å². The van der Waals surface area contributed by atoms with Crippen LogP contribution in [0, 0.1) is 13.8 Å². The number of fused-ring (bicyclic) bond motifs is 2. The van der Waals surface area contributed by atoms with Crippen LogP contribution in [-0.4, -0.2) is 44.8 Å². The van der Waals surface area contributed by atoms with Crippen molar-refractivity contribution < 1.29 is 4.79 Å². The molecule has 0 aliphatic carbocycles. The minimum Gasteiger partial charge on any atom is -0.354 e. The van der Waals surface area contributed by atoms with Gasteiger partial charge in [-0.05, 0) is 56.9 Å². The zero-order valence-corrected chi connectivity index (χ0v) is 21.2. The van der Waals surface area contributed by atoms with Gasteiger partial charge in [0, 0.05) is 43.0 Å². The SMILES string of the molecule is Cc1c2cnn(-c3ccccc3)c(=O)c2c(C)n1[C@@H](C)C(=O)NCCCN1CCc2ccccc2C1. The molecule has 36 heavy (non-hydrogen) atoms. The maximum Gasteiger partial charge on any atom is 0.281 e. The fourth-order valence-electron chi connectivity index (χ4n) is 5.44. The Morgan fingerprint density at radius 1 is 1.03 bits per heavy atom. The Morgan fingerprint density at radius 3 is 2.53 bits per heavy atom. The summed E-state index contributed by atoms with van der Waals surface area (Å²) in [5, 5.41) is 8.90. The van der Waals surface area contributed by atoms with Crippen molar-refractivity contribution in [3.05, 3.63) is 93.7 Å². The molecule has 0 bridgehead atoms. The first-order chi connectivity index (χ1) is 17.5. The lowest BCUT2D eigenvalue weighted by Crippen LogP contribution is -2.36. The minimum atomic E-state index is -0.427. The van der Waals surface area contributed by atoms with Crippen LogP contribution in [0.3, 0.4) is 0 Å². The highest BCUT2D eigenvalue weighted by molar-refractivity contribution is 5.89. The van der Waals surface area contributed by atoms with E-state index in [4.69, 9.17) is 0 Å². The van der Waals surface area contributed by atoms with Crippen LogP contribution in [0.2, 0.25) is 0 Å². The zero-order chi connectivity index (χ0) is 25.2. The second kappa shape index (κ2) is 10.1. The predicted molar refractivity (Wildman–Crippen MR) is 143 cm³/mol. The van der Waals surface area contributed by atoms with E-state index in [9.17, 15) is 9.59 Å². The topological polar surface area (TPSA) is 72.2 Å². The van der Waals surface area contributed by atoms with Crippen LogP contribution in [0.5, 0.6) is 0 Å². The van der Waals surface area contributed by atoms with Crippen molar-refractivity contribution >= 4 is 16.7 Å². The maximum atomic E-state index is 13.3. The molecular weight excluding hydrogens is 450 g/mol. The van der Waals surface area contributed by atoms with Crippen molar-refractivity contribution in [3.8, 4) is 5.69 Å². The monoisotopic (exact) mass is 483 g/mol. The van der Waals surface area contributed by atoms with Gasteiger partial charge in [-0.15, -0.1) is 0 Å². The summed E-state index contributed by atoms with van der Waals surface area (Å²) in [6.45, 7) is 9.36. The van der Waals surface area contributed by atoms with E-state index in [1.54, 1.807) is 6.20 Å². The molecule has 1 amide bonds. The van der Waals surface area contributed by atoms with Gasteiger partial charge in [0.1, 0.15) is 6.04 Å². The smallest absolute Gasteiger partial charge is 0.281 e. The number of aryl methyl sites for hydroxylation is 2. The van der Waals surface area contributed by atoms with E-state index in [0.29, 0.717) is 11.9 Å². The Morgan fingerprint density at radius 2 is 1.75 bits per heavy atom. The van der Waals surface area contributed by atoms with Gasteiger partial charge in [0.25, 0.3) is 5.56 Å². The average molecular weight is 484 g/mol. The molecule has 1 N–H and O–H groups in total. The largest absolute Gasteiger partial charge is 0.354 e. The molecule has 1 aliphatic rings. The molecule has 0 radical (unpaired) electrons. The van der Waals surface area contributed by atoms with Crippen LogP contribution in [0.1, 0.15) is 41.9 Å². The van der Waals surface area contributed by atoms with Crippen LogP contribution >= 0.6 is 0 Å². The second-order valence-corrected chi connectivity index (χ2v) is 9.64. The van der Waals surface area contributed by atoms with E-state index in [1.807, 2.05) is 55.7 Å². The first-order valence-electron chi connectivity index (χ1n) is 12.7. The lowest BCUT2D eigenvalue weighted by Gasteiger charge is -2.28. The fourth-order valence-corrected chi connectivity index (χ4v) is 5.44. The van der Waals surface area contributed by atoms with Gasteiger partial charge in [0.15, 0.2) is 0 Å². The standard InChI is InChI=1S/C29H33N5O2/c1-20-26-18-31-34(25-12-5-4-6-13-25)29(36)27(26)21(2)33(20)22(3)28(35)30-15-9-16-32-17-14-23-10-7-8-11-24(23)19-32/h4-8,10-13,18,22H,9,14-17,19H2,1-3H3,(H,30,35)/t22-/m0/s1. The van der Waals surface area contributed by atoms with E-state index < -0.39 is 6.04 Å². The number of benzene rings is 2. The third-order valence-electron chi connectivity index (χ3n) is 7.38. The highest BCUT2D eigenvalue weighted by Gasteiger charge is 2.23. The number of carbonyl (C=O) groups excluding carboxylic acids is 1. The highest BCUT2D eigenvalue weighted by atomic mass is 16.2. The summed E-state index contributed by atoms with van der Waals surface area (Å²) < 4.78 is 3.38. The fraction of sp³-hybridized carbons (Fsp3) is 0.345. The van der Waals surface area contributed by atoms with Crippen LogP contribution < -0.4 is 10.9 Å². The Balaban J connectivity index is 1.25. The molecule has 7 heteroatoms. The van der Waals surface area contributed by atoms with Gasteiger partial charge in [-0.25, -0.2) is 0 Å². The minimum absolute atomic E-state index is 0.0400. The molecule has 0 saturated heterocycles. The summed E-state index contributed by atoms with van der Waals surface area (Å²) in [6.07, 6.45) is 3.71. The normalized spacial score (nSPS) is 14.5. The summed E-state index contributed by atoms with van der Waals surface area (Å²) in [4.78, 5) is 28.9. The zero-order valence-electron chi connectivity index (χ0n) is 21.2. The van der Waals surface area contributed by atoms with Gasteiger partial charge in [0.2, 0.25) is 5.91 Å². The third-order valence-corrected chi connectivity index (χ3v) is 7.38. The summed E-state index contributed by atoms with van der Waals surface area (Å²) >= 11 is 0. The Hall–Kier alpha value is -3.71. The van der Waals surface area contributed by atoms with E-state index in [1.165, 1.54) is 15.8 Å². The van der Waals surface area contributed by atoms with Gasteiger partial charge in [-0.3, -0.25) is 14.5 Å². The van der Waals surface area contributed by atoms with Crippen molar-refractivity contribution in [1.82, 2.24) is 24.6 Å². The summed E-state index contributed by atoms with van der Waals surface area (Å²) in [6, 6.07) is 17.6. The van der Waals surface area contributed by atoms with Gasteiger partial charge >= 0.3 is 0 Å². The van der Waals surface area contributed by atoms with Gasteiger partial charge in [-0.1, -0.05) is 42.5 Å². The number of rotatable bonds is 7. The number of carbonyl (C=O) groups is 1. The van der Waals surface area contributed by atoms with Gasteiger partial charge in [0.05, 0.1) is 17.3 Å². The predicted octanol–water partition coefficient (Wildman–Crippen LogP) is 3.93. The molecule has 3 heterocycles. The van der Waals surface area contributed by atoms with Crippen molar-refractivity contribution in [2.75, 3.05) is 19.6 Å². The maximum absolute atomic E-state index is 13.3. The number of aromatic nitrogens is 3. The molecule has 1 aliphatic heterocycles. The molecule has 1 atom stereocenters. The van der Waals surface area contributed by atoms with E-state index in [0.717, 1.165) is 54.9 Å². The summed E-state index contributed by atoms with van der Waals surface area (Å²) in [5.41, 5.74) is 5.07. The number of nitrogens with one attached hydrogen (secondary N) is 1. The molecule has 2 aromatic heterocycles. The van der Waals surface area contributed by atoms with Gasteiger partial charge in [-0.2, -0.15) is 9.78 Å². The first-order valence-corrected chi connectivity index (χ1v) is 12.7. The lowest BCUT2D eigenvalue weighted by molar-refractivity contribution is -0.123. The van der Waals surface area contributed by atoms with Crippen molar-refractivity contribution in [2.24, 2.45) is 0 Å². The summed E-state index contributed by atoms with van der Waals surface area (Å²) in [7, 11) is 0. The van der Waals surface area contributed by atoms with E-state index in [2.05, 4.69) is 39.6 Å². The number of para-hydroxylation sites is 1. The van der Waals surface area contributed by atoms with Crippen molar-refractivity contribution in [1.29, 1.82) is 0 Å². The van der Waals surface area contributed by atoms with Crippen LogP contribution in [0.4, 0.5) is 0 Å². The second-order valence-electron chi connectivity index (χ2n) is 9.64. The van der Waals surface area contributed by atoms with Crippen LogP contribution in [-0.2, 0) is 17.8 Å². The Bertz CT molecular complexity index is 1450. The summed E-state index contributed by atoms with van der Waals surface area (Å²) in [5.74, 6) is -0.0400. The number of hydrogen-bond acceptors (Lipinski definition) is 4. The number of amides is 1. The third kappa shape index (κ3) is 4.46. The molecule has 5 rings (SSSR count). The molecule has 0 spiro atoms. The number of hydrogen-bond donors (Lipinski definition) is 1. The highest BCUT2D eigenvalue weighted by Crippen LogP contribution is 2.26. The lowest BCUT2D eigenvalue weighted by atomic mass is 10.00. The quantitative estimate of drug-likeness (QED) is 0.405. The molecule has 2 aromatic carbocycles. The molecular formula is C29H33N5O2. The number of nitrogens with zero attached hydrogens (tertiary/aromatic N) is 4. The Kier molecular flexibility index (Phi) is 6.74.